The maximum atomic E-state index is 11.8. The van der Waals surface area contributed by atoms with Crippen LogP contribution in [0, 0.1) is 5.41 Å². The Morgan fingerprint density at radius 2 is 2.00 bits per heavy atom. The monoisotopic (exact) mass is 349 g/mol. The minimum absolute atomic E-state index is 0.0617. The van der Waals surface area contributed by atoms with Gasteiger partial charge in [0.05, 0.1) is 5.52 Å². The van der Waals surface area contributed by atoms with Crippen molar-refractivity contribution in [1.29, 1.82) is 0 Å². The first kappa shape index (κ1) is 15.8. The number of nitrogens with zero attached hydrogens (tertiary/aromatic N) is 1. The summed E-state index contributed by atoms with van der Waals surface area (Å²) >= 11 is 3.51. The zero-order valence-corrected chi connectivity index (χ0v) is 14.1. The van der Waals surface area contributed by atoms with Crippen LogP contribution < -0.4 is 10.6 Å². The molecule has 1 amide bonds. The SMILES string of the molecule is CC(C)(C)C(=O)NCCNc1ccnc2c(Br)cccc12. The van der Waals surface area contributed by atoms with E-state index in [2.05, 4.69) is 31.5 Å². The minimum atomic E-state index is -0.353. The number of carbonyl (C=O) groups is 1. The molecule has 0 atom stereocenters. The van der Waals surface area contributed by atoms with Crippen LogP contribution >= 0.6 is 15.9 Å². The van der Waals surface area contributed by atoms with Crippen LogP contribution in [-0.4, -0.2) is 24.0 Å². The topological polar surface area (TPSA) is 54.0 Å². The van der Waals surface area contributed by atoms with Crippen LogP contribution in [-0.2, 0) is 4.79 Å². The third kappa shape index (κ3) is 3.94. The van der Waals surface area contributed by atoms with E-state index in [1.54, 1.807) is 6.20 Å². The molecular formula is C16H20BrN3O. The van der Waals surface area contributed by atoms with Crippen molar-refractivity contribution in [2.45, 2.75) is 20.8 Å². The smallest absolute Gasteiger partial charge is 0.225 e. The Morgan fingerprint density at radius 1 is 1.24 bits per heavy atom. The molecule has 0 spiro atoms. The van der Waals surface area contributed by atoms with E-state index in [4.69, 9.17) is 0 Å². The largest absolute Gasteiger partial charge is 0.383 e. The Kier molecular flexibility index (Phi) is 4.83. The summed E-state index contributed by atoms with van der Waals surface area (Å²) < 4.78 is 0.977. The number of benzene rings is 1. The van der Waals surface area contributed by atoms with E-state index in [1.165, 1.54) is 0 Å². The lowest BCUT2D eigenvalue weighted by atomic mass is 9.96. The maximum absolute atomic E-state index is 11.8. The summed E-state index contributed by atoms with van der Waals surface area (Å²) in [6.07, 6.45) is 1.78. The Balaban J connectivity index is 1.99. The molecule has 21 heavy (non-hydrogen) atoms. The van der Waals surface area contributed by atoms with Crippen molar-refractivity contribution in [3.63, 3.8) is 0 Å². The minimum Gasteiger partial charge on any atom is -0.383 e. The molecule has 4 nitrogen and oxygen atoms in total. The quantitative estimate of drug-likeness (QED) is 0.829. The van der Waals surface area contributed by atoms with E-state index < -0.39 is 0 Å². The third-order valence-electron chi connectivity index (χ3n) is 3.13. The van der Waals surface area contributed by atoms with E-state index in [0.29, 0.717) is 13.1 Å². The van der Waals surface area contributed by atoms with Crippen LogP contribution in [0.5, 0.6) is 0 Å². The predicted molar refractivity (Wildman–Crippen MR) is 90.4 cm³/mol. The molecule has 0 aliphatic carbocycles. The molecule has 0 fully saturated rings. The molecule has 2 rings (SSSR count). The van der Waals surface area contributed by atoms with E-state index in [9.17, 15) is 4.79 Å². The van der Waals surface area contributed by atoms with Gasteiger partial charge >= 0.3 is 0 Å². The van der Waals surface area contributed by atoms with Gasteiger partial charge in [-0.2, -0.15) is 0 Å². The molecule has 1 aromatic carbocycles. The number of pyridine rings is 1. The summed E-state index contributed by atoms with van der Waals surface area (Å²) in [5.41, 5.74) is 1.60. The highest BCUT2D eigenvalue weighted by atomic mass is 79.9. The van der Waals surface area contributed by atoms with Crippen molar-refractivity contribution in [1.82, 2.24) is 10.3 Å². The first-order chi connectivity index (χ1) is 9.89. The molecule has 1 aromatic heterocycles. The molecule has 0 aliphatic heterocycles. The Morgan fingerprint density at radius 3 is 2.71 bits per heavy atom. The van der Waals surface area contributed by atoms with Crippen LogP contribution in [0.4, 0.5) is 5.69 Å². The van der Waals surface area contributed by atoms with Crippen molar-refractivity contribution in [3.8, 4) is 0 Å². The fraction of sp³-hybridized carbons (Fsp3) is 0.375. The fourth-order valence-corrected chi connectivity index (χ4v) is 2.40. The number of para-hydroxylation sites is 1. The second kappa shape index (κ2) is 6.43. The van der Waals surface area contributed by atoms with Crippen LogP contribution in [0.15, 0.2) is 34.9 Å². The Bertz CT molecular complexity index is 650. The van der Waals surface area contributed by atoms with Crippen molar-refractivity contribution in [2.75, 3.05) is 18.4 Å². The highest BCUT2D eigenvalue weighted by Crippen LogP contribution is 2.27. The van der Waals surface area contributed by atoms with Gasteiger partial charge < -0.3 is 10.6 Å². The second-order valence-electron chi connectivity index (χ2n) is 5.93. The van der Waals surface area contributed by atoms with Gasteiger partial charge in [0, 0.05) is 40.2 Å². The highest BCUT2D eigenvalue weighted by molar-refractivity contribution is 9.10. The van der Waals surface area contributed by atoms with Gasteiger partial charge in [-0.15, -0.1) is 0 Å². The van der Waals surface area contributed by atoms with Crippen molar-refractivity contribution < 1.29 is 4.79 Å². The van der Waals surface area contributed by atoms with Gasteiger partial charge in [-0.1, -0.05) is 32.9 Å². The number of rotatable bonds is 4. The van der Waals surface area contributed by atoms with E-state index in [0.717, 1.165) is 21.1 Å². The molecule has 0 bridgehead atoms. The van der Waals surface area contributed by atoms with Gasteiger partial charge in [-0.05, 0) is 28.1 Å². The number of fused-ring (bicyclic) bond motifs is 1. The Hall–Kier alpha value is -1.62. The van der Waals surface area contributed by atoms with Crippen LogP contribution in [0.1, 0.15) is 20.8 Å². The van der Waals surface area contributed by atoms with Gasteiger partial charge in [0.25, 0.3) is 0 Å². The standard InChI is InChI=1S/C16H20BrN3O/c1-16(2,3)15(21)20-10-9-18-13-7-8-19-14-11(13)5-4-6-12(14)17/h4-8H,9-10H2,1-3H3,(H,18,19)(H,20,21). The molecule has 0 saturated carbocycles. The number of amides is 1. The normalized spacial score (nSPS) is 11.4. The number of nitrogens with one attached hydrogen (secondary N) is 2. The lowest BCUT2D eigenvalue weighted by Gasteiger charge is -2.18. The fourth-order valence-electron chi connectivity index (χ4n) is 1.93. The average Bonchev–Trinajstić information content (AvgIpc) is 2.43. The molecule has 0 unspecified atom stereocenters. The van der Waals surface area contributed by atoms with Crippen molar-refractivity contribution in [3.05, 3.63) is 34.9 Å². The summed E-state index contributed by atoms with van der Waals surface area (Å²) in [5, 5.41) is 7.34. The second-order valence-corrected chi connectivity index (χ2v) is 6.78. The molecule has 2 N–H and O–H groups in total. The van der Waals surface area contributed by atoms with Crippen LogP contribution in [0.25, 0.3) is 10.9 Å². The van der Waals surface area contributed by atoms with Gasteiger partial charge in [0.1, 0.15) is 0 Å². The zero-order valence-electron chi connectivity index (χ0n) is 12.5. The molecule has 0 aliphatic rings. The lowest BCUT2D eigenvalue weighted by molar-refractivity contribution is -0.128. The summed E-state index contributed by atoms with van der Waals surface area (Å²) in [4.78, 5) is 16.2. The summed E-state index contributed by atoms with van der Waals surface area (Å²) in [5.74, 6) is 0.0617. The Labute approximate surface area is 133 Å². The third-order valence-corrected chi connectivity index (χ3v) is 3.77. The average molecular weight is 350 g/mol. The highest BCUT2D eigenvalue weighted by Gasteiger charge is 2.20. The zero-order chi connectivity index (χ0) is 15.5. The van der Waals surface area contributed by atoms with Crippen molar-refractivity contribution in [2.24, 2.45) is 5.41 Å². The predicted octanol–water partition coefficient (Wildman–Crippen LogP) is 3.57. The van der Waals surface area contributed by atoms with Crippen LogP contribution in [0.3, 0.4) is 0 Å². The molecular weight excluding hydrogens is 330 g/mol. The summed E-state index contributed by atoms with van der Waals surface area (Å²) in [6.45, 7) is 6.98. The molecule has 1 heterocycles. The van der Waals surface area contributed by atoms with Crippen molar-refractivity contribution >= 4 is 38.4 Å². The van der Waals surface area contributed by atoms with E-state index in [1.807, 2.05) is 45.0 Å². The van der Waals surface area contributed by atoms with Gasteiger partial charge in [-0.25, -0.2) is 0 Å². The number of hydrogen-bond acceptors (Lipinski definition) is 3. The first-order valence-corrected chi connectivity index (χ1v) is 7.74. The van der Waals surface area contributed by atoms with Gasteiger partial charge in [0.2, 0.25) is 5.91 Å². The van der Waals surface area contributed by atoms with Gasteiger partial charge in [0.15, 0.2) is 0 Å². The number of halogens is 1. The maximum Gasteiger partial charge on any atom is 0.225 e. The number of hydrogen-bond donors (Lipinski definition) is 2. The number of carbonyl (C=O) groups excluding carboxylic acids is 1. The lowest BCUT2D eigenvalue weighted by Crippen LogP contribution is -2.37. The summed E-state index contributed by atoms with van der Waals surface area (Å²) in [6, 6.07) is 7.94. The van der Waals surface area contributed by atoms with Crippen LogP contribution in [0.2, 0.25) is 0 Å². The molecule has 0 saturated heterocycles. The van der Waals surface area contributed by atoms with E-state index >= 15 is 0 Å². The molecule has 2 aromatic rings. The molecule has 112 valence electrons. The number of aromatic nitrogens is 1. The summed E-state index contributed by atoms with van der Waals surface area (Å²) in [7, 11) is 0. The first-order valence-electron chi connectivity index (χ1n) is 6.95. The number of anilines is 1. The molecule has 0 radical (unpaired) electrons. The van der Waals surface area contributed by atoms with Gasteiger partial charge in [-0.3, -0.25) is 9.78 Å². The molecule has 5 heteroatoms. The van der Waals surface area contributed by atoms with E-state index in [-0.39, 0.29) is 11.3 Å².